The van der Waals surface area contributed by atoms with E-state index in [0.717, 1.165) is 27.6 Å². The highest BCUT2D eigenvalue weighted by atomic mass is 32.1. The minimum Gasteiger partial charge on any atom is -0.487 e. The molecule has 2 aromatic heterocycles. The number of hydrogen-bond acceptors (Lipinski definition) is 6. The van der Waals surface area contributed by atoms with Crippen LogP contribution in [-0.2, 0) is 17.9 Å². The highest BCUT2D eigenvalue weighted by Gasteiger charge is 2.05. The predicted octanol–water partition coefficient (Wildman–Crippen LogP) is 4.15. The highest BCUT2D eigenvalue weighted by Crippen LogP contribution is 2.16. The minimum absolute atomic E-state index is 0.185. The molecule has 0 unspecified atom stereocenters. The number of carbonyl (C=O) groups excluding carboxylic acids is 1. The van der Waals surface area contributed by atoms with Crippen molar-refractivity contribution >= 4 is 23.3 Å². The Bertz CT molecular complexity index is 967. The Morgan fingerprint density at radius 3 is 2.76 bits per heavy atom. The number of benzene rings is 1. The zero-order valence-corrected chi connectivity index (χ0v) is 17.2. The Balaban J connectivity index is 1.48. The molecule has 7 heteroatoms. The molecule has 0 bridgehead atoms. The van der Waals surface area contributed by atoms with E-state index >= 15 is 0 Å². The molecular weight excluding hydrogens is 386 g/mol. The monoisotopic (exact) mass is 409 g/mol. The molecule has 2 heterocycles. The summed E-state index contributed by atoms with van der Waals surface area (Å²) >= 11 is 1.61. The van der Waals surface area contributed by atoms with E-state index in [2.05, 4.69) is 15.3 Å². The first-order chi connectivity index (χ1) is 14.1. The fourth-order valence-corrected chi connectivity index (χ4v) is 3.14. The van der Waals surface area contributed by atoms with Crippen LogP contribution in [0.25, 0.3) is 6.08 Å². The maximum absolute atomic E-state index is 12.1. The lowest BCUT2D eigenvalue weighted by Crippen LogP contribution is -2.20. The number of amides is 1. The van der Waals surface area contributed by atoms with Crippen LogP contribution in [-0.4, -0.2) is 22.5 Å². The summed E-state index contributed by atoms with van der Waals surface area (Å²) in [5.41, 5.74) is 2.68. The Morgan fingerprint density at radius 1 is 1.21 bits per heavy atom. The second-order valence-corrected chi connectivity index (χ2v) is 7.23. The predicted molar refractivity (Wildman–Crippen MR) is 114 cm³/mol. The van der Waals surface area contributed by atoms with Gasteiger partial charge in [0.1, 0.15) is 12.4 Å². The molecule has 29 heavy (non-hydrogen) atoms. The second kappa shape index (κ2) is 10.4. The second-order valence-electron chi connectivity index (χ2n) is 6.17. The molecule has 1 N–H and O–H groups in total. The smallest absolute Gasteiger partial charge is 0.244 e. The van der Waals surface area contributed by atoms with Crippen LogP contribution in [0.2, 0.25) is 0 Å². The van der Waals surface area contributed by atoms with Crippen molar-refractivity contribution in [2.45, 2.75) is 27.0 Å². The lowest BCUT2D eigenvalue weighted by Gasteiger charge is -2.08. The van der Waals surface area contributed by atoms with Crippen LogP contribution in [0.3, 0.4) is 0 Å². The molecule has 3 aromatic rings. The Labute approximate surface area is 174 Å². The molecule has 0 radical (unpaired) electrons. The summed E-state index contributed by atoms with van der Waals surface area (Å²) in [7, 11) is 0. The quantitative estimate of drug-likeness (QED) is 0.538. The van der Waals surface area contributed by atoms with Gasteiger partial charge in [-0.15, -0.1) is 11.3 Å². The topological polar surface area (TPSA) is 73.3 Å². The summed E-state index contributed by atoms with van der Waals surface area (Å²) in [6.45, 7) is 5.20. The molecule has 150 valence electrons. The van der Waals surface area contributed by atoms with Gasteiger partial charge in [0, 0.05) is 29.8 Å². The normalized spacial score (nSPS) is 10.8. The number of aryl methyl sites for hydroxylation is 1. The van der Waals surface area contributed by atoms with Crippen LogP contribution in [0.5, 0.6) is 11.6 Å². The van der Waals surface area contributed by atoms with Gasteiger partial charge >= 0.3 is 0 Å². The van der Waals surface area contributed by atoms with E-state index in [0.29, 0.717) is 25.6 Å². The third kappa shape index (κ3) is 6.43. The summed E-state index contributed by atoms with van der Waals surface area (Å²) < 4.78 is 11.2. The van der Waals surface area contributed by atoms with Gasteiger partial charge in [-0.2, -0.15) is 0 Å². The molecule has 0 aliphatic rings. The van der Waals surface area contributed by atoms with Gasteiger partial charge in [-0.25, -0.2) is 9.97 Å². The average Bonchev–Trinajstić information content (AvgIpc) is 3.16. The molecule has 0 atom stereocenters. The molecule has 0 saturated heterocycles. The molecule has 1 aromatic carbocycles. The van der Waals surface area contributed by atoms with Crippen molar-refractivity contribution in [3.8, 4) is 11.6 Å². The van der Waals surface area contributed by atoms with Gasteiger partial charge in [0.05, 0.1) is 17.3 Å². The number of pyridine rings is 1. The summed E-state index contributed by atoms with van der Waals surface area (Å²) in [5, 5.41) is 5.87. The maximum Gasteiger partial charge on any atom is 0.244 e. The third-order valence-corrected chi connectivity index (χ3v) is 4.77. The van der Waals surface area contributed by atoms with Crippen molar-refractivity contribution in [3.05, 3.63) is 75.9 Å². The average molecular weight is 410 g/mol. The Hall–Kier alpha value is -3.19. The minimum atomic E-state index is -0.185. The zero-order valence-electron chi connectivity index (χ0n) is 16.4. The van der Waals surface area contributed by atoms with Gasteiger partial charge in [0.2, 0.25) is 11.8 Å². The maximum atomic E-state index is 12.1. The van der Waals surface area contributed by atoms with E-state index in [4.69, 9.17) is 9.47 Å². The van der Waals surface area contributed by atoms with Crippen molar-refractivity contribution in [2.24, 2.45) is 0 Å². The summed E-state index contributed by atoms with van der Waals surface area (Å²) in [6, 6.07) is 11.3. The first-order valence-corrected chi connectivity index (χ1v) is 10.2. The molecule has 0 saturated carbocycles. The summed E-state index contributed by atoms with van der Waals surface area (Å²) in [5.74, 6) is 1.12. The van der Waals surface area contributed by atoms with Gasteiger partial charge in [-0.1, -0.05) is 18.2 Å². The van der Waals surface area contributed by atoms with Crippen molar-refractivity contribution < 1.29 is 14.3 Å². The summed E-state index contributed by atoms with van der Waals surface area (Å²) in [4.78, 5) is 20.6. The van der Waals surface area contributed by atoms with Crippen molar-refractivity contribution in [1.82, 2.24) is 15.3 Å². The number of nitrogens with zero attached hydrogens (tertiary/aromatic N) is 2. The lowest BCUT2D eigenvalue weighted by atomic mass is 10.2. The molecule has 3 rings (SSSR count). The third-order valence-electron chi connectivity index (χ3n) is 3.94. The fraction of sp³-hybridized carbons (Fsp3) is 0.227. The van der Waals surface area contributed by atoms with Gasteiger partial charge < -0.3 is 14.8 Å². The first kappa shape index (κ1) is 20.5. The van der Waals surface area contributed by atoms with E-state index in [-0.39, 0.29) is 5.91 Å². The molecule has 0 spiro atoms. The van der Waals surface area contributed by atoms with Crippen LogP contribution in [0.1, 0.15) is 28.8 Å². The fourth-order valence-electron chi connectivity index (χ4n) is 2.55. The van der Waals surface area contributed by atoms with Gasteiger partial charge in [0.25, 0.3) is 0 Å². The van der Waals surface area contributed by atoms with E-state index in [1.807, 2.05) is 55.6 Å². The summed E-state index contributed by atoms with van der Waals surface area (Å²) in [6.07, 6.45) is 4.93. The van der Waals surface area contributed by atoms with E-state index in [1.165, 1.54) is 6.08 Å². The van der Waals surface area contributed by atoms with Crippen LogP contribution >= 0.6 is 11.3 Å². The number of hydrogen-bond donors (Lipinski definition) is 1. The molecule has 0 fully saturated rings. The van der Waals surface area contributed by atoms with E-state index in [1.54, 1.807) is 23.6 Å². The van der Waals surface area contributed by atoms with Crippen molar-refractivity contribution in [3.63, 3.8) is 0 Å². The number of carbonyl (C=O) groups is 1. The first-order valence-electron chi connectivity index (χ1n) is 9.30. The van der Waals surface area contributed by atoms with Crippen LogP contribution < -0.4 is 14.8 Å². The SMILES string of the molecule is CCOc1ncccc1CNC(=O)/C=C/c1ccc(OCc2csc(C)n2)cc1. The zero-order chi connectivity index (χ0) is 20.5. The van der Waals surface area contributed by atoms with Crippen LogP contribution in [0.15, 0.2) is 54.1 Å². The number of aromatic nitrogens is 2. The molecule has 6 nitrogen and oxygen atoms in total. The molecular formula is C22H23N3O3S. The van der Waals surface area contributed by atoms with Crippen LogP contribution in [0.4, 0.5) is 0 Å². The highest BCUT2D eigenvalue weighted by molar-refractivity contribution is 7.09. The largest absolute Gasteiger partial charge is 0.487 e. The molecule has 0 aliphatic heterocycles. The van der Waals surface area contributed by atoms with E-state index < -0.39 is 0 Å². The molecule has 1 amide bonds. The number of thiazole rings is 1. The van der Waals surface area contributed by atoms with Crippen molar-refractivity contribution in [1.29, 1.82) is 0 Å². The number of ether oxygens (including phenoxy) is 2. The van der Waals surface area contributed by atoms with Crippen LogP contribution in [0, 0.1) is 6.92 Å². The van der Waals surface area contributed by atoms with Gasteiger partial charge in [-0.3, -0.25) is 4.79 Å². The van der Waals surface area contributed by atoms with E-state index in [9.17, 15) is 4.79 Å². The Morgan fingerprint density at radius 2 is 2.03 bits per heavy atom. The number of nitrogens with one attached hydrogen (secondary N) is 1. The standard InChI is InChI=1S/C22H23N3O3S/c1-3-27-22-18(5-4-12-23-22)13-24-21(26)11-8-17-6-9-20(10-7-17)28-14-19-15-29-16(2)25-19/h4-12,15H,3,13-14H2,1-2H3,(H,24,26)/b11-8+. The molecule has 0 aliphatic carbocycles. The lowest BCUT2D eigenvalue weighted by molar-refractivity contribution is -0.116. The van der Waals surface area contributed by atoms with Gasteiger partial charge in [0.15, 0.2) is 0 Å². The number of rotatable bonds is 9. The van der Waals surface area contributed by atoms with Gasteiger partial charge in [-0.05, 0) is 43.7 Å². The Kier molecular flexibility index (Phi) is 7.35. The van der Waals surface area contributed by atoms with Crippen molar-refractivity contribution in [2.75, 3.05) is 6.61 Å².